The highest BCUT2D eigenvalue weighted by Crippen LogP contribution is 2.23. The van der Waals surface area contributed by atoms with Crippen LogP contribution in [0.25, 0.3) is 16.7 Å². The minimum Gasteiger partial charge on any atom is -0.440 e. The van der Waals surface area contributed by atoms with E-state index in [0.717, 1.165) is 10.9 Å². The molecule has 29 heavy (non-hydrogen) atoms. The van der Waals surface area contributed by atoms with Gasteiger partial charge < -0.3 is 9.73 Å². The molecule has 1 N–H and O–H groups in total. The van der Waals surface area contributed by atoms with Gasteiger partial charge in [0.1, 0.15) is 17.6 Å². The van der Waals surface area contributed by atoms with E-state index in [4.69, 9.17) is 9.68 Å². The molecule has 0 aliphatic carbocycles. The topological polar surface area (TPSA) is 96.7 Å². The van der Waals surface area contributed by atoms with Crippen molar-refractivity contribution in [3.05, 3.63) is 71.7 Å². The lowest BCUT2D eigenvalue weighted by atomic mass is 10.1. The summed E-state index contributed by atoms with van der Waals surface area (Å²) in [7, 11) is 0. The Morgan fingerprint density at radius 2 is 2.10 bits per heavy atom. The number of fused-ring (bicyclic) bond motifs is 1. The lowest BCUT2D eigenvalue weighted by molar-refractivity contribution is 0.0996. The van der Waals surface area contributed by atoms with E-state index in [0.29, 0.717) is 17.3 Å². The average molecular weight is 389 g/mol. The standard InChI is InChI=1S/C21H16FN5O2/c1-12(2)13-7-14-11-27(26-20(14)24-10-13)18-8-15(3-5-17(18)22)25-21(28)19-6-4-16(9-23)29-19/h3-8,10-12H,1-2H3,(H,25,28). The quantitative estimate of drug-likeness (QED) is 0.558. The number of rotatable bonds is 4. The fourth-order valence-electron chi connectivity index (χ4n) is 2.85. The van der Waals surface area contributed by atoms with Crippen molar-refractivity contribution in [2.24, 2.45) is 0 Å². The molecule has 0 saturated carbocycles. The Morgan fingerprint density at radius 1 is 1.28 bits per heavy atom. The van der Waals surface area contributed by atoms with Crippen LogP contribution in [0.5, 0.6) is 0 Å². The molecule has 4 rings (SSSR count). The Kier molecular flexibility index (Phi) is 4.56. The first kappa shape index (κ1) is 18.4. The predicted octanol–water partition coefficient (Wildman–Crippen LogP) is 4.40. The second kappa shape index (κ2) is 7.20. The van der Waals surface area contributed by atoms with Gasteiger partial charge in [-0.2, -0.15) is 5.26 Å². The van der Waals surface area contributed by atoms with Gasteiger partial charge in [-0.3, -0.25) is 4.79 Å². The number of benzene rings is 1. The Morgan fingerprint density at radius 3 is 2.83 bits per heavy atom. The van der Waals surface area contributed by atoms with E-state index in [1.165, 1.54) is 35.0 Å². The molecule has 8 heteroatoms. The van der Waals surface area contributed by atoms with Crippen LogP contribution in [0.1, 0.15) is 41.6 Å². The van der Waals surface area contributed by atoms with Crippen LogP contribution >= 0.6 is 0 Å². The third kappa shape index (κ3) is 3.58. The third-order valence-electron chi connectivity index (χ3n) is 4.44. The molecule has 3 aromatic heterocycles. The van der Waals surface area contributed by atoms with Crippen molar-refractivity contribution >= 4 is 22.6 Å². The summed E-state index contributed by atoms with van der Waals surface area (Å²) in [4.78, 5) is 16.6. The van der Waals surface area contributed by atoms with Gasteiger partial charge in [-0.1, -0.05) is 13.8 Å². The molecule has 1 aromatic carbocycles. The highest BCUT2D eigenvalue weighted by atomic mass is 19.1. The average Bonchev–Trinajstić information content (AvgIpc) is 3.35. The Balaban J connectivity index is 1.65. The van der Waals surface area contributed by atoms with Gasteiger partial charge in [-0.25, -0.2) is 14.1 Å². The van der Waals surface area contributed by atoms with Crippen LogP contribution in [-0.2, 0) is 0 Å². The molecule has 1 amide bonds. The number of carbonyl (C=O) groups is 1. The summed E-state index contributed by atoms with van der Waals surface area (Å²) in [5.74, 6) is -0.703. The van der Waals surface area contributed by atoms with Crippen molar-refractivity contribution in [2.75, 3.05) is 5.32 Å². The highest BCUT2D eigenvalue weighted by Gasteiger charge is 2.14. The molecular formula is C21H16FN5O2. The zero-order valence-electron chi connectivity index (χ0n) is 15.7. The van der Waals surface area contributed by atoms with Crippen LogP contribution in [-0.4, -0.2) is 20.7 Å². The van der Waals surface area contributed by atoms with Gasteiger partial charge in [0.05, 0.1) is 0 Å². The smallest absolute Gasteiger partial charge is 0.291 e. The van der Waals surface area contributed by atoms with Crippen LogP contribution in [0.3, 0.4) is 0 Å². The fourth-order valence-corrected chi connectivity index (χ4v) is 2.85. The van der Waals surface area contributed by atoms with Crippen molar-refractivity contribution in [3.8, 4) is 11.8 Å². The molecule has 0 radical (unpaired) electrons. The number of halogens is 1. The lowest BCUT2D eigenvalue weighted by Gasteiger charge is -2.07. The largest absolute Gasteiger partial charge is 0.440 e. The molecule has 0 unspecified atom stereocenters. The van der Waals surface area contributed by atoms with E-state index in [-0.39, 0.29) is 17.2 Å². The maximum absolute atomic E-state index is 14.5. The van der Waals surface area contributed by atoms with Crippen molar-refractivity contribution in [2.45, 2.75) is 19.8 Å². The van der Waals surface area contributed by atoms with Gasteiger partial charge in [0.2, 0.25) is 5.76 Å². The molecule has 3 heterocycles. The van der Waals surface area contributed by atoms with Gasteiger partial charge >= 0.3 is 0 Å². The molecule has 0 spiro atoms. The number of nitrogens with one attached hydrogen (secondary N) is 1. The normalized spacial score (nSPS) is 11.0. The molecule has 0 saturated heterocycles. The summed E-state index contributed by atoms with van der Waals surface area (Å²) >= 11 is 0. The Labute approximate surface area is 165 Å². The minimum absolute atomic E-state index is 0.0114. The summed E-state index contributed by atoms with van der Waals surface area (Å²) in [6.07, 6.45) is 3.46. The molecule has 0 aliphatic rings. The maximum Gasteiger partial charge on any atom is 0.291 e. The number of pyridine rings is 1. The lowest BCUT2D eigenvalue weighted by Crippen LogP contribution is -2.11. The molecule has 4 aromatic rings. The Hall–Kier alpha value is -3.99. The number of aromatic nitrogens is 3. The van der Waals surface area contributed by atoms with E-state index in [1.807, 2.05) is 12.1 Å². The number of carbonyl (C=O) groups excluding carboxylic acids is 1. The van der Waals surface area contributed by atoms with E-state index in [9.17, 15) is 9.18 Å². The van der Waals surface area contributed by atoms with E-state index in [1.54, 1.807) is 12.4 Å². The molecule has 0 atom stereocenters. The number of hydrogen-bond acceptors (Lipinski definition) is 5. The minimum atomic E-state index is -0.544. The third-order valence-corrected chi connectivity index (χ3v) is 4.44. The summed E-state index contributed by atoms with van der Waals surface area (Å²) in [6, 6.07) is 10.7. The molecule has 7 nitrogen and oxygen atoms in total. The van der Waals surface area contributed by atoms with Gasteiger partial charge in [0, 0.05) is 23.5 Å². The number of nitriles is 1. The molecule has 0 fully saturated rings. The van der Waals surface area contributed by atoms with Crippen LogP contribution in [0.4, 0.5) is 10.1 Å². The van der Waals surface area contributed by atoms with E-state index < -0.39 is 11.7 Å². The summed E-state index contributed by atoms with van der Waals surface area (Å²) in [6.45, 7) is 4.13. The monoisotopic (exact) mass is 389 g/mol. The first-order valence-electron chi connectivity index (χ1n) is 8.91. The van der Waals surface area contributed by atoms with Crippen molar-refractivity contribution in [1.82, 2.24) is 14.8 Å². The van der Waals surface area contributed by atoms with Gasteiger partial charge in [-0.15, -0.1) is 5.10 Å². The van der Waals surface area contributed by atoms with Crippen LogP contribution in [0.2, 0.25) is 0 Å². The van der Waals surface area contributed by atoms with Gasteiger partial charge in [0.25, 0.3) is 5.91 Å². The summed E-state index contributed by atoms with van der Waals surface area (Å²) in [5, 5.41) is 16.5. The zero-order valence-corrected chi connectivity index (χ0v) is 15.7. The Bertz CT molecular complexity index is 1270. The second-order valence-electron chi connectivity index (χ2n) is 6.81. The number of anilines is 1. The van der Waals surface area contributed by atoms with Crippen molar-refractivity contribution in [3.63, 3.8) is 0 Å². The van der Waals surface area contributed by atoms with Crippen LogP contribution in [0.15, 0.2) is 53.2 Å². The summed E-state index contributed by atoms with van der Waals surface area (Å²) in [5.41, 5.74) is 2.09. The highest BCUT2D eigenvalue weighted by molar-refractivity contribution is 6.02. The van der Waals surface area contributed by atoms with E-state index >= 15 is 0 Å². The number of furan rings is 1. The van der Waals surface area contributed by atoms with Gasteiger partial charge in [-0.05, 0) is 47.9 Å². The second-order valence-corrected chi connectivity index (χ2v) is 6.81. The zero-order chi connectivity index (χ0) is 20.5. The summed E-state index contributed by atoms with van der Waals surface area (Å²) < 4.78 is 21.0. The first-order chi connectivity index (χ1) is 13.9. The molecule has 0 bridgehead atoms. The molecule has 144 valence electrons. The number of nitrogens with zero attached hydrogens (tertiary/aromatic N) is 4. The maximum atomic E-state index is 14.5. The number of hydrogen-bond donors (Lipinski definition) is 1. The van der Waals surface area contributed by atoms with E-state index in [2.05, 4.69) is 29.2 Å². The molecule has 0 aliphatic heterocycles. The van der Waals surface area contributed by atoms with Crippen LogP contribution < -0.4 is 5.32 Å². The number of amides is 1. The predicted molar refractivity (Wildman–Crippen MR) is 104 cm³/mol. The van der Waals surface area contributed by atoms with Crippen molar-refractivity contribution in [1.29, 1.82) is 5.26 Å². The fraction of sp³-hybridized carbons (Fsp3) is 0.143. The SMILES string of the molecule is CC(C)c1cnc2nn(-c3cc(NC(=O)c4ccc(C#N)o4)ccc3F)cc2c1. The van der Waals surface area contributed by atoms with Gasteiger partial charge in [0.15, 0.2) is 11.4 Å². The van der Waals surface area contributed by atoms with Crippen LogP contribution in [0, 0.1) is 17.1 Å². The molecular weight excluding hydrogens is 373 g/mol. The first-order valence-corrected chi connectivity index (χ1v) is 8.91. The van der Waals surface area contributed by atoms with Crippen molar-refractivity contribution < 1.29 is 13.6 Å².